The molecule has 0 N–H and O–H groups in total. The van der Waals surface area contributed by atoms with Crippen LogP contribution in [-0.4, -0.2) is 4.98 Å². The van der Waals surface area contributed by atoms with Crippen molar-refractivity contribution in [2.45, 2.75) is 0 Å². The average molecular weight is 539 g/mol. The van der Waals surface area contributed by atoms with Crippen molar-refractivity contribution < 1.29 is 4.42 Å². The Morgan fingerprint density at radius 3 is 1.71 bits per heavy atom. The molecular formula is C39H26N2O. The molecule has 0 aliphatic heterocycles. The van der Waals surface area contributed by atoms with Gasteiger partial charge in [0.1, 0.15) is 11.2 Å². The first kappa shape index (κ1) is 24.2. The standard InChI is InChI=1S/C39H26N2O/c1-3-7-27(8-4-1)28-11-13-29(14-12-28)30-15-17-34(18-16-30)41(33-9-5-2-6-10-33)35-19-20-36-37-23-32-26-40-22-21-31(32)24-38(37)42-39(36)25-35/h1-26H. The minimum atomic E-state index is 0.863. The summed E-state index contributed by atoms with van der Waals surface area (Å²) in [4.78, 5) is 6.57. The van der Waals surface area contributed by atoms with Crippen LogP contribution in [0.3, 0.4) is 0 Å². The smallest absolute Gasteiger partial charge is 0.137 e. The maximum Gasteiger partial charge on any atom is 0.137 e. The highest BCUT2D eigenvalue weighted by molar-refractivity contribution is 6.10. The van der Waals surface area contributed by atoms with Crippen molar-refractivity contribution in [1.29, 1.82) is 0 Å². The van der Waals surface area contributed by atoms with E-state index in [1.165, 1.54) is 22.3 Å². The van der Waals surface area contributed by atoms with Gasteiger partial charge in [0, 0.05) is 51.7 Å². The van der Waals surface area contributed by atoms with Crippen molar-refractivity contribution >= 4 is 49.8 Å². The first-order valence-corrected chi connectivity index (χ1v) is 14.1. The molecule has 0 radical (unpaired) electrons. The molecule has 0 atom stereocenters. The number of anilines is 3. The molecule has 198 valence electrons. The van der Waals surface area contributed by atoms with Gasteiger partial charge in [0.2, 0.25) is 0 Å². The quantitative estimate of drug-likeness (QED) is 0.218. The van der Waals surface area contributed by atoms with E-state index in [0.29, 0.717) is 0 Å². The van der Waals surface area contributed by atoms with Gasteiger partial charge in [-0.3, -0.25) is 4.98 Å². The predicted molar refractivity (Wildman–Crippen MR) is 175 cm³/mol. The molecule has 2 heterocycles. The zero-order valence-electron chi connectivity index (χ0n) is 22.8. The zero-order chi connectivity index (χ0) is 27.9. The highest BCUT2D eigenvalue weighted by Crippen LogP contribution is 2.39. The number of nitrogens with zero attached hydrogens (tertiary/aromatic N) is 2. The fourth-order valence-corrected chi connectivity index (χ4v) is 5.80. The van der Waals surface area contributed by atoms with Crippen molar-refractivity contribution in [1.82, 2.24) is 4.98 Å². The van der Waals surface area contributed by atoms with Crippen molar-refractivity contribution in [3.63, 3.8) is 0 Å². The first-order chi connectivity index (χ1) is 20.8. The Balaban J connectivity index is 1.17. The summed E-state index contributed by atoms with van der Waals surface area (Å²) in [6.45, 7) is 0. The van der Waals surface area contributed by atoms with Gasteiger partial charge in [-0.05, 0) is 82.2 Å². The van der Waals surface area contributed by atoms with Crippen LogP contribution in [0.15, 0.2) is 162 Å². The largest absolute Gasteiger partial charge is 0.456 e. The number of aromatic nitrogens is 1. The zero-order valence-corrected chi connectivity index (χ0v) is 22.8. The fourth-order valence-electron chi connectivity index (χ4n) is 5.80. The number of fused-ring (bicyclic) bond motifs is 4. The van der Waals surface area contributed by atoms with E-state index >= 15 is 0 Å². The first-order valence-electron chi connectivity index (χ1n) is 14.1. The number of benzene rings is 6. The molecule has 0 saturated heterocycles. The Hall–Kier alpha value is -5.67. The van der Waals surface area contributed by atoms with Gasteiger partial charge in [0.15, 0.2) is 0 Å². The Morgan fingerprint density at radius 2 is 1.00 bits per heavy atom. The van der Waals surface area contributed by atoms with E-state index in [0.717, 1.165) is 49.8 Å². The average Bonchev–Trinajstić information content (AvgIpc) is 3.41. The summed E-state index contributed by atoms with van der Waals surface area (Å²) in [6.07, 6.45) is 3.72. The summed E-state index contributed by atoms with van der Waals surface area (Å²) in [5.74, 6) is 0. The van der Waals surface area contributed by atoms with E-state index in [9.17, 15) is 0 Å². The minimum absolute atomic E-state index is 0.863. The van der Waals surface area contributed by atoms with E-state index < -0.39 is 0 Å². The summed E-state index contributed by atoms with van der Waals surface area (Å²) in [7, 11) is 0. The molecule has 0 fully saturated rings. The summed E-state index contributed by atoms with van der Waals surface area (Å²) in [5, 5.41) is 4.43. The second kappa shape index (κ2) is 10.1. The summed E-state index contributed by atoms with van der Waals surface area (Å²) in [6, 6.07) is 51.3. The molecule has 0 saturated carbocycles. The number of rotatable bonds is 5. The molecule has 3 heteroatoms. The summed E-state index contributed by atoms with van der Waals surface area (Å²) in [5.41, 5.74) is 9.78. The van der Waals surface area contributed by atoms with Crippen molar-refractivity contribution in [2.75, 3.05) is 4.90 Å². The highest BCUT2D eigenvalue weighted by atomic mass is 16.3. The van der Waals surface area contributed by atoms with Crippen LogP contribution < -0.4 is 4.90 Å². The topological polar surface area (TPSA) is 29.3 Å². The van der Waals surface area contributed by atoms with Crippen LogP contribution in [0.5, 0.6) is 0 Å². The summed E-state index contributed by atoms with van der Waals surface area (Å²) < 4.78 is 6.39. The fraction of sp³-hybridized carbons (Fsp3) is 0. The highest BCUT2D eigenvalue weighted by Gasteiger charge is 2.16. The molecule has 0 aliphatic carbocycles. The number of hydrogen-bond acceptors (Lipinski definition) is 3. The number of hydrogen-bond donors (Lipinski definition) is 0. The molecule has 0 aliphatic rings. The van der Waals surface area contributed by atoms with Crippen LogP contribution in [-0.2, 0) is 0 Å². The van der Waals surface area contributed by atoms with Crippen LogP contribution in [0.2, 0.25) is 0 Å². The van der Waals surface area contributed by atoms with E-state index in [1.807, 2.05) is 30.6 Å². The molecule has 6 aromatic carbocycles. The SMILES string of the molecule is c1ccc(-c2ccc(-c3ccc(N(c4ccccc4)c4ccc5c(c4)oc4cc6ccncc6cc45)cc3)cc2)cc1. The van der Waals surface area contributed by atoms with Crippen LogP contribution in [0.4, 0.5) is 17.1 Å². The van der Waals surface area contributed by atoms with Crippen molar-refractivity contribution in [2.24, 2.45) is 0 Å². The van der Waals surface area contributed by atoms with Crippen LogP contribution in [0.25, 0.3) is 55.0 Å². The Kier molecular flexibility index (Phi) is 5.79. The van der Waals surface area contributed by atoms with E-state index in [1.54, 1.807) is 0 Å². The Bertz CT molecular complexity index is 2170. The second-order valence-corrected chi connectivity index (χ2v) is 10.5. The van der Waals surface area contributed by atoms with Crippen LogP contribution in [0, 0.1) is 0 Å². The molecular weight excluding hydrogens is 512 g/mol. The second-order valence-electron chi connectivity index (χ2n) is 10.5. The third-order valence-corrected chi connectivity index (χ3v) is 7.94. The lowest BCUT2D eigenvalue weighted by molar-refractivity contribution is 0.669. The van der Waals surface area contributed by atoms with Crippen LogP contribution in [0.1, 0.15) is 0 Å². The lowest BCUT2D eigenvalue weighted by Crippen LogP contribution is -2.09. The molecule has 2 aromatic heterocycles. The van der Waals surface area contributed by atoms with E-state index in [-0.39, 0.29) is 0 Å². The molecule has 0 amide bonds. The molecule has 0 unspecified atom stereocenters. The van der Waals surface area contributed by atoms with Gasteiger partial charge in [-0.1, -0.05) is 84.9 Å². The van der Waals surface area contributed by atoms with Gasteiger partial charge in [0.25, 0.3) is 0 Å². The Labute approximate surface area is 243 Å². The molecule has 0 bridgehead atoms. The molecule has 8 aromatic rings. The van der Waals surface area contributed by atoms with E-state index in [2.05, 4.69) is 137 Å². The minimum Gasteiger partial charge on any atom is -0.456 e. The molecule has 0 spiro atoms. The summed E-state index contributed by atoms with van der Waals surface area (Å²) >= 11 is 0. The van der Waals surface area contributed by atoms with Crippen LogP contribution >= 0.6 is 0 Å². The number of furan rings is 1. The molecule has 8 rings (SSSR count). The van der Waals surface area contributed by atoms with Gasteiger partial charge >= 0.3 is 0 Å². The maximum atomic E-state index is 6.39. The van der Waals surface area contributed by atoms with Gasteiger partial charge in [-0.25, -0.2) is 0 Å². The van der Waals surface area contributed by atoms with Gasteiger partial charge < -0.3 is 9.32 Å². The van der Waals surface area contributed by atoms with Gasteiger partial charge in [0.05, 0.1) is 0 Å². The third-order valence-electron chi connectivity index (χ3n) is 7.94. The lowest BCUT2D eigenvalue weighted by atomic mass is 10.00. The number of pyridine rings is 1. The number of para-hydroxylation sites is 1. The normalized spacial score (nSPS) is 11.3. The monoisotopic (exact) mass is 538 g/mol. The maximum absolute atomic E-state index is 6.39. The molecule has 3 nitrogen and oxygen atoms in total. The lowest BCUT2D eigenvalue weighted by Gasteiger charge is -2.25. The van der Waals surface area contributed by atoms with Gasteiger partial charge in [-0.2, -0.15) is 0 Å². The Morgan fingerprint density at radius 1 is 0.429 bits per heavy atom. The predicted octanol–water partition coefficient (Wildman–Crippen LogP) is 10.9. The third kappa shape index (κ3) is 4.29. The van der Waals surface area contributed by atoms with Crippen molar-refractivity contribution in [3.8, 4) is 22.3 Å². The van der Waals surface area contributed by atoms with E-state index in [4.69, 9.17) is 4.42 Å². The van der Waals surface area contributed by atoms with Gasteiger partial charge in [-0.15, -0.1) is 0 Å². The molecule has 42 heavy (non-hydrogen) atoms. The van der Waals surface area contributed by atoms with Crippen molar-refractivity contribution in [3.05, 3.63) is 158 Å².